The van der Waals surface area contributed by atoms with Gasteiger partial charge in [0.1, 0.15) is 12.1 Å². The number of aryl methyl sites for hydroxylation is 1. The molecule has 0 amide bonds. The molecule has 108 valence electrons. The fraction of sp³-hybridized carbons (Fsp3) is 0.615. The van der Waals surface area contributed by atoms with E-state index in [1.54, 1.807) is 11.6 Å². The molecule has 0 saturated carbocycles. The second kappa shape index (κ2) is 5.72. The van der Waals surface area contributed by atoms with E-state index in [1.165, 1.54) is 6.33 Å². The van der Waals surface area contributed by atoms with Crippen LogP contribution < -0.4 is 4.90 Å². The molecule has 0 unspecified atom stereocenters. The summed E-state index contributed by atoms with van der Waals surface area (Å²) in [5, 5.41) is 4.28. The average molecular weight is 277 g/mol. The second-order valence-corrected chi connectivity index (χ2v) is 4.93. The van der Waals surface area contributed by atoms with E-state index in [0.29, 0.717) is 12.4 Å². The highest BCUT2D eigenvalue weighted by Gasteiger charge is 2.25. The number of fused-ring (bicyclic) bond motifs is 1. The molecule has 0 spiro atoms. The molecule has 7 heteroatoms. The van der Waals surface area contributed by atoms with E-state index >= 15 is 0 Å². The molecule has 3 heterocycles. The summed E-state index contributed by atoms with van der Waals surface area (Å²) >= 11 is 0. The Labute approximate surface area is 117 Å². The number of rotatable bonds is 4. The number of aromatic nitrogens is 4. The first-order valence-electron chi connectivity index (χ1n) is 6.80. The molecule has 0 radical (unpaired) electrons. The quantitative estimate of drug-likeness (QED) is 0.818. The summed E-state index contributed by atoms with van der Waals surface area (Å²) in [6.45, 7) is 4.96. The normalized spacial score (nSPS) is 19.7. The van der Waals surface area contributed by atoms with Gasteiger partial charge in [0.25, 0.3) is 5.78 Å². The molecule has 3 rings (SSSR count). The van der Waals surface area contributed by atoms with E-state index in [-0.39, 0.29) is 6.04 Å². The number of hydrogen-bond donors (Lipinski definition) is 0. The highest BCUT2D eigenvalue weighted by molar-refractivity contribution is 5.48. The van der Waals surface area contributed by atoms with Crippen molar-refractivity contribution in [2.75, 3.05) is 38.4 Å². The van der Waals surface area contributed by atoms with Gasteiger partial charge in [-0.2, -0.15) is 14.6 Å². The minimum atomic E-state index is 0.290. The molecule has 2 aromatic heterocycles. The van der Waals surface area contributed by atoms with Crippen LogP contribution in [0, 0.1) is 6.92 Å². The molecule has 1 fully saturated rings. The maximum atomic E-state index is 5.60. The Kier molecular flexibility index (Phi) is 3.79. The highest BCUT2D eigenvalue weighted by Crippen LogP contribution is 2.22. The summed E-state index contributed by atoms with van der Waals surface area (Å²) in [6.07, 6.45) is 2.46. The third-order valence-electron chi connectivity index (χ3n) is 3.54. The van der Waals surface area contributed by atoms with Gasteiger partial charge in [-0.15, -0.1) is 0 Å². The molecule has 20 heavy (non-hydrogen) atoms. The maximum Gasteiger partial charge on any atom is 0.254 e. The van der Waals surface area contributed by atoms with Crippen LogP contribution in [0.3, 0.4) is 0 Å². The summed E-state index contributed by atoms with van der Waals surface area (Å²) in [5.74, 6) is 1.66. The van der Waals surface area contributed by atoms with Gasteiger partial charge in [-0.3, -0.25) is 0 Å². The molecule has 0 N–H and O–H groups in total. The van der Waals surface area contributed by atoms with E-state index in [4.69, 9.17) is 9.47 Å². The predicted octanol–water partition coefficient (Wildman–Crippen LogP) is 0.674. The Balaban J connectivity index is 1.96. The number of morpholine rings is 1. The Morgan fingerprint density at radius 2 is 2.40 bits per heavy atom. The van der Waals surface area contributed by atoms with E-state index in [0.717, 1.165) is 37.7 Å². The van der Waals surface area contributed by atoms with Crippen LogP contribution in [0.5, 0.6) is 0 Å². The summed E-state index contributed by atoms with van der Waals surface area (Å²) in [4.78, 5) is 10.9. The molecule has 0 aliphatic carbocycles. The molecule has 7 nitrogen and oxygen atoms in total. The van der Waals surface area contributed by atoms with Crippen molar-refractivity contribution >= 4 is 11.6 Å². The lowest BCUT2D eigenvalue weighted by Gasteiger charge is -2.37. The molecule has 2 aromatic rings. The zero-order chi connectivity index (χ0) is 13.9. The molecule has 1 aliphatic heterocycles. The third kappa shape index (κ3) is 2.46. The second-order valence-electron chi connectivity index (χ2n) is 4.93. The van der Waals surface area contributed by atoms with Crippen molar-refractivity contribution in [3.63, 3.8) is 0 Å². The minimum Gasteiger partial charge on any atom is -0.385 e. The van der Waals surface area contributed by atoms with Gasteiger partial charge < -0.3 is 14.4 Å². The van der Waals surface area contributed by atoms with E-state index in [2.05, 4.69) is 20.0 Å². The molecular weight excluding hydrogens is 258 g/mol. The van der Waals surface area contributed by atoms with Crippen molar-refractivity contribution in [3.05, 3.63) is 18.1 Å². The van der Waals surface area contributed by atoms with Crippen LogP contribution in [0.2, 0.25) is 0 Å². The zero-order valence-corrected chi connectivity index (χ0v) is 11.8. The first kappa shape index (κ1) is 13.3. The topological polar surface area (TPSA) is 64.8 Å². The van der Waals surface area contributed by atoms with E-state index in [1.807, 2.05) is 13.0 Å². The van der Waals surface area contributed by atoms with Gasteiger partial charge in [0.15, 0.2) is 0 Å². The lowest BCUT2D eigenvalue weighted by Crippen LogP contribution is -2.47. The summed E-state index contributed by atoms with van der Waals surface area (Å²) in [5.41, 5.74) is 0.942. The van der Waals surface area contributed by atoms with Crippen molar-refractivity contribution in [1.82, 2.24) is 19.6 Å². The van der Waals surface area contributed by atoms with Crippen molar-refractivity contribution in [2.24, 2.45) is 0 Å². The van der Waals surface area contributed by atoms with Crippen molar-refractivity contribution in [1.29, 1.82) is 0 Å². The van der Waals surface area contributed by atoms with Gasteiger partial charge >= 0.3 is 0 Å². The van der Waals surface area contributed by atoms with E-state index in [9.17, 15) is 0 Å². The fourth-order valence-corrected chi connectivity index (χ4v) is 2.57. The van der Waals surface area contributed by atoms with Crippen molar-refractivity contribution in [2.45, 2.75) is 19.4 Å². The smallest absolute Gasteiger partial charge is 0.254 e. The molecule has 1 aliphatic rings. The van der Waals surface area contributed by atoms with Gasteiger partial charge in [0.2, 0.25) is 0 Å². The van der Waals surface area contributed by atoms with Crippen LogP contribution >= 0.6 is 0 Å². The Bertz CT molecular complexity index is 585. The number of anilines is 1. The van der Waals surface area contributed by atoms with Gasteiger partial charge in [0, 0.05) is 32.0 Å². The van der Waals surface area contributed by atoms with Crippen LogP contribution in [0.1, 0.15) is 12.1 Å². The van der Waals surface area contributed by atoms with Crippen LogP contribution in [0.4, 0.5) is 5.82 Å². The predicted molar refractivity (Wildman–Crippen MR) is 74.0 cm³/mol. The summed E-state index contributed by atoms with van der Waals surface area (Å²) in [6, 6.07) is 2.34. The Morgan fingerprint density at radius 3 is 3.25 bits per heavy atom. The van der Waals surface area contributed by atoms with Gasteiger partial charge in [0.05, 0.1) is 19.3 Å². The first-order chi connectivity index (χ1) is 9.79. The lowest BCUT2D eigenvalue weighted by atomic mass is 10.1. The molecule has 1 atom stereocenters. The summed E-state index contributed by atoms with van der Waals surface area (Å²) < 4.78 is 12.6. The van der Waals surface area contributed by atoms with Gasteiger partial charge in [-0.1, -0.05) is 0 Å². The average Bonchev–Trinajstić information content (AvgIpc) is 2.92. The fourth-order valence-electron chi connectivity index (χ4n) is 2.57. The first-order valence-corrected chi connectivity index (χ1v) is 6.80. The van der Waals surface area contributed by atoms with E-state index < -0.39 is 0 Å². The minimum absolute atomic E-state index is 0.290. The monoisotopic (exact) mass is 277 g/mol. The zero-order valence-electron chi connectivity index (χ0n) is 11.8. The van der Waals surface area contributed by atoms with Gasteiger partial charge in [-0.05, 0) is 13.3 Å². The molecule has 0 aromatic carbocycles. The highest BCUT2D eigenvalue weighted by atomic mass is 16.5. The van der Waals surface area contributed by atoms with Crippen molar-refractivity contribution < 1.29 is 9.47 Å². The van der Waals surface area contributed by atoms with Gasteiger partial charge in [-0.25, -0.2) is 4.98 Å². The number of nitrogens with zero attached hydrogens (tertiary/aromatic N) is 5. The van der Waals surface area contributed by atoms with Crippen LogP contribution in [-0.2, 0) is 9.47 Å². The Morgan fingerprint density at radius 1 is 1.50 bits per heavy atom. The number of ether oxygens (including phenoxy) is 2. The van der Waals surface area contributed by atoms with Crippen LogP contribution in [0.15, 0.2) is 12.4 Å². The largest absolute Gasteiger partial charge is 0.385 e. The standard InChI is InChI=1S/C13H19N5O2/c1-10-7-12(18-13(16-10)14-9-15-18)17-4-6-20-8-11(17)3-5-19-2/h7,9,11H,3-6,8H2,1-2H3/t11-/m0/s1. The molecule has 0 bridgehead atoms. The lowest BCUT2D eigenvalue weighted by molar-refractivity contribution is 0.0792. The number of hydrogen-bond acceptors (Lipinski definition) is 6. The van der Waals surface area contributed by atoms with Crippen LogP contribution in [-0.4, -0.2) is 59.1 Å². The SMILES string of the molecule is COCC[C@H]1COCCN1c1cc(C)nc2ncnn12. The maximum absolute atomic E-state index is 5.60. The van der Waals surface area contributed by atoms with Crippen LogP contribution in [0.25, 0.3) is 5.78 Å². The van der Waals surface area contributed by atoms with Crippen molar-refractivity contribution in [3.8, 4) is 0 Å². The third-order valence-corrected chi connectivity index (χ3v) is 3.54. The Hall–Kier alpha value is -1.73. The molecule has 1 saturated heterocycles. The summed E-state index contributed by atoms with van der Waals surface area (Å²) in [7, 11) is 1.72. The number of methoxy groups -OCH3 is 1. The molecular formula is C13H19N5O2.